The van der Waals surface area contributed by atoms with Crippen molar-refractivity contribution in [2.24, 2.45) is 5.92 Å². The lowest BCUT2D eigenvalue weighted by molar-refractivity contribution is -0.135. The first-order valence-electron chi connectivity index (χ1n) is 13.0. The molecule has 0 radical (unpaired) electrons. The average Bonchev–Trinajstić information content (AvgIpc) is 3.20. The topological polar surface area (TPSA) is 91.0 Å². The van der Waals surface area contributed by atoms with Crippen LogP contribution in [0.5, 0.6) is 5.75 Å². The SMILES string of the molecule is O=C(Nc1ccc(NC(=O)N2CCCCCC2)cc1)C1CCCN(C(=O)CCOc2ccccc2)C1. The first kappa shape index (κ1) is 25.5. The summed E-state index contributed by atoms with van der Waals surface area (Å²) in [4.78, 5) is 41.7. The van der Waals surface area contributed by atoms with Crippen molar-refractivity contribution in [2.45, 2.75) is 44.9 Å². The molecule has 1 atom stereocenters. The van der Waals surface area contributed by atoms with Crippen molar-refractivity contribution >= 4 is 29.2 Å². The van der Waals surface area contributed by atoms with Crippen LogP contribution < -0.4 is 15.4 Å². The molecule has 0 saturated carbocycles. The Morgan fingerprint density at radius 1 is 0.778 bits per heavy atom. The Morgan fingerprint density at radius 3 is 2.11 bits per heavy atom. The lowest BCUT2D eigenvalue weighted by Crippen LogP contribution is -2.44. The number of hydrogen-bond donors (Lipinski definition) is 2. The van der Waals surface area contributed by atoms with Crippen molar-refractivity contribution in [3.63, 3.8) is 0 Å². The summed E-state index contributed by atoms with van der Waals surface area (Å²) in [6.45, 7) is 2.98. The molecule has 0 aliphatic carbocycles. The molecule has 2 aromatic carbocycles. The number of nitrogens with zero attached hydrogens (tertiary/aromatic N) is 2. The Morgan fingerprint density at radius 2 is 1.42 bits per heavy atom. The third-order valence-corrected chi connectivity index (χ3v) is 6.77. The zero-order valence-corrected chi connectivity index (χ0v) is 20.8. The fraction of sp³-hybridized carbons (Fsp3) is 0.464. The van der Waals surface area contributed by atoms with Gasteiger partial charge in [-0.05, 0) is 62.1 Å². The maximum Gasteiger partial charge on any atom is 0.321 e. The number of amides is 4. The summed E-state index contributed by atoms with van der Waals surface area (Å²) in [7, 11) is 0. The van der Waals surface area contributed by atoms with E-state index in [2.05, 4.69) is 10.6 Å². The van der Waals surface area contributed by atoms with E-state index in [0.717, 1.165) is 44.5 Å². The summed E-state index contributed by atoms with van der Waals surface area (Å²) in [5.41, 5.74) is 1.38. The van der Waals surface area contributed by atoms with Crippen LogP contribution in [-0.2, 0) is 9.59 Å². The number of para-hydroxylation sites is 1. The highest BCUT2D eigenvalue weighted by Gasteiger charge is 2.28. The second-order valence-corrected chi connectivity index (χ2v) is 9.49. The highest BCUT2D eigenvalue weighted by Crippen LogP contribution is 2.21. The van der Waals surface area contributed by atoms with Gasteiger partial charge in [-0.3, -0.25) is 9.59 Å². The Bertz CT molecular complexity index is 1000. The van der Waals surface area contributed by atoms with Crippen LogP contribution in [0.25, 0.3) is 0 Å². The molecule has 2 heterocycles. The standard InChI is InChI=1S/C28H36N4O4/c33-26(16-20-36-25-10-4-3-5-11-25)32-19-8-9-22(21-32)27(34)29-23-12-14-24(15-13-23)30-28(35)31-17-6-1-2-7-18-31/h3-5,10-15,22H,1-2,6-9,16-21H2,(H,29,34)(H,30,35). The number of urea groups is 1. The van der Waals surface area contributed by atoms with Crippen molar-refractivity contribution in [2.75, 3.05) is 43.4 Å². The van der Waals surface area contributed by atoms with E-state index in [9.17, 15) is 14.4 Å². The van der Waals surface area contributed by atoms with Gasteiger partial charge in [-0.25, -0.2) is 4.79 Å². The number of piperidine rings is 1. The van der Waals surface area contributed by atoms with Gasteiger partial charge in [0, 0.05) is 37.6 Å². The van der Waals surface area contributed by atoms with E-state index in [4.69, 9.17) is 4.74 Å². The molecule has 0 spiro atoms. The van der Waals surface area contributed by atoms with Gasteiger partial charge in [0.25, 0.3) is 0 Å². The summed E-state index contributed by atoms with van der Waals surface area (Å²) in [6, 6.07) is 16.5. The van der Waals surface area contributed by atoms with Gasteiger partial charge in [0.05, 0.1) is 18.9 Å². The zero-order chi connectivity index (χ0) is 25.2. The first-order valence-corrected chi connectivity index (χ1v) is 13.0. The molecule has 2 N–H and O–H groups in total. The van der Waals surface area contributed by atoms with Crippen molar-refractivity contribution < 1.29 is 19.1 Å². The molecule has 2 aromatic rings. The molecule has 8 heteroatoms. The number of carbonyl (C=O) groups is 3. The van der Waals surface area contributed by atoms with E-state index in [1.807, 2.05) is 35.2 Å². The van der Waals surface area contributed by atoms with Gasteiger partial charge in [-0.2, -0.15) is 0 Å². The molecule has 4 amide bonds. The van der Waals surface area contributed by atoms with E-state index in [0.29, 0.717) is 31.1 Å². The number of hydrogen-bond acceptors (Lipinski definition) is 4. The molecule has 4 rings (SSSR count). The minimum atomic E-state index is -0.250. The predicted octanol–water partition coefficient (Wildman–Crippen LogP) is 4.74. The second-order valence-electron chi connectivity index (χ2n) is 9.49. The third kappa shape index (κ3) is 7.47. The number of rotatable bonds is 7. The maximum absolute atomic E-state index is 12.9. The number of ether oxygens (including phenoxy) is 1. The molecule has 2 aliphatic heterocycles. The lowest BCUT2D eigenvalue weighted by Gasteiger charge is -2.32. The van der Waals surface area contributed by atoms with E-state index in [-0.39, 0.29) is 30.2 Å². The number of anilines is 2. The quantitative estimate of drug-likeness (QED) is 0.584. The maximum atomic E-state index is 12.9. The molecular formula is C28H36N4O4. The van der Waals surface area contributed by atoms with Crippen LogP contribution in [-0.4, -0.2) is 60.4 Å². The normalized spacial score (nSPS) is 18.2. The van der Waals surface area contributed by atoms with Crippen LogP contribution in [0.15, 0.2) is 54.6 Å². The highest BCUT2D eigenvalue weighted by atomic mass is 16.5. The monoisotopic (exact) mass is 492 g/mol. The minimum absolute atomic E-state index is 0.00735. The number of carbonyl (C=O) groups excluding carboxylic acids is 3. The highest BCUT2D eigenvalue weighted by molar-refractivity contribution is 5.94. The van der Waals surface area contributed by atoms with Gasteiger partial charge in [0.15, 0.2) is 0 Å². The Balaban J connectivity index is 1.22. The molecule has 2 saturated heterocycles. The summed E-state index contributed by atoms with van der Waals surface area (Å²) in [5.74, 6) is 0.413. The fourth-order valence-electron chi connectivity index (χ4n) is 4.71. The van der Waals surface area contributed by atoms with Crippen LogP contribution in [0.3, 0.4) is 0 Å². The minimum Gasteiger partial charge on any atom is -0.493 e. The molecule has 2 aliphatic rings. The van der Waals surface area contributed by atoms with Crippen molar-refractivity contribution in [1.82, 2.24) is 9.80 Å². The van der Waals surface area contributed by atoms with Crippen LogP contribution in [0, 0.1) is 5.92 Å². The van der Waals surface area contributed by atoms with Gasteiger partial charge in [-0.1, -0.05) is 31.0 Å². The summed E-state index contributed by atoms with van der Waals surface area (Å²) < 4.78 is 5.64. The zero-order valence-electron chi connectivity index (χ0n) is 20.8. The summed E-state index contributed by atoms with van der Waals surface area (Å²) >= 11 is 0. The van der Waals surface area contributed by atoms with Crippen LogP contribution in [0.2, 0.25) is 0 Å². The summed E-state index contributed by atoms with van der Waals surface area (Å²) in [5, 5.41) is 5.91. The predicted molar refractivity (Wildman–Crippen MR) is 140 cm³/mol. The van der Waals surface area contributed by atoms with Gasteiger partial charge < -0.3 is 25.2 Å². The number of likely N-dealkylation sites (tertiary alicyclic amines) is 2. The number of nitrogens with one attached hydrogen (secondary N) is 2. The van der Waals surface area contributed by atoms with Crippen molar-refractivity contribution in [3.8, 4) is 5.75 Å². The number of benzene rings is 2. The second kappa shape index (κ2) is 13.0. The molecule has 1 unspecified atom stereocenters. The summed E-state index contributed by atoms with van der Waals surface area (Å²) in [6.07, 6.45) is 6.27. The molecule has 0 aromatic heterocycles. The fourth-order valence-corrected chi connectivity index (χ4v) is 4.71. The van der Waals surface area contributed by atoms with E-state index in [1.54, 1.807) is 29.2 Å². The Kier molecular flexibility index (Phi) is 9.19. The van der Waals surface area contributed by atoms with Crippen LogP contribution >= 0.6 is 0 Å². The average molecular weight is 493 g/mol. The largest absolute Gasteiger partial charge is 0.493 e. The lowest BCUT2D eigenvalue weighted by atomic mass is 9.96. The smallest absolute Gasteiger partial charge is 0.321 e. The Labute approximate surface area is 213 Å². The third-order valence-electron chi connectivity index (χ3n) is 6.77. The van der Waals surface area contributed by atoms with Gasteiger partial charge in [0.2, 0.25) is 11.8 Å². The van der Waals surface area contributed by atoms with Crippen LogP contribution in [0.4, 0.5) is 16.2 Å². The van der Waals surface area contributed by atoms with E-state index >= 15 is 0 Å². The molecule has 0 bridgehead atoms. The Hall–Kier alpha value is -3.55. The van der Waals surface area contributed by atoms with E-state index in [1.165, 1.54) is 12.8 Å². The van der Waals surface area contributed by atoms with Crippen LogP contribution in [0.1, 0.15) is 44.9 Å². The molecule has 2 fully saturated rings. The van der Waals surface area contributed by atoms with Gasteiger partial charge >= 0.3 is 6.03 Å². The van der Waals surface area contributed by atoms with E-state index < -0.39 is 0 Å². The molecule has 8 nitrogen and oxygen atoms in total. The van der Waals surface area contributed by atoms with Gasteiger partial charge in [-0.15, -0.1) is 0 Å². The molecule has 36 heavy (non-hydrogen) atoms. The molecular weight excluding hydrogens is 456 g/mol. The van der Waals surface area contributed by atoms with Gasteiger partial charge in [0.1, 0.15) is 5.75 Å². The first-order chi connectivity index (χ1) is 17.6. The van der Waals surface area contributed by atoms with Crippen molar-refractivity contribution in [1.29, 1.82) is 0 Å². The van der Waals surface area contributed by atoms with Crippen molar-refractivity contribution in [3.05, 3.63) is 54.6 Å². The molecule has 192 valence electrons.